The van der Waals surface area contributed by atoms with Crippen molar-refractivity contribution in [2.45, 2.75) is 4.90 Å². The van der Waals surface area contributed by atoms with Crippen LogP contribution in [-0.2, 0) is 4.79 Å². The molecule has 6 heteroatoms. The number of hydrogen-bond acceptors (Lipinski definition) is 3. The Morgan fingerprint density at radius 3 is 2.64 bits per heavy atom. The highest BCUT2D eigenvalue weighted by molar-refractivity contribution is 9.10. The average Bonchev–Trinajstić information content (AvgIpc) is 2.52. The van der Waals surface area contributed by atoms with Crippen molar-refractivity contribution in [2.75, 3.05) is 18.1 Å². The standard InChI is InChI=1S/C16H15BrN2O2S/c1-22-14-7-3-6-13(9-14)19-15(20)10-18-16(21)11-4-2-5-12(17)8-11/h2-9H,10H2,1H3,(H,18,21)(H,19,20). The van der Waals surface area contributed by atoms with Crippen LogP contribution < -0.4 is 10.6 Å². The second-order valence-corrected chi connectivity index (χ2v) is 6.27. The minimum atomic E-state index is -0.283. The van der Waals surface area contributed by atoms with E-state index in [2.05, 4.69) is 26.6 Å². The van der Waals surface area contributed by atoms with Crippen LogP contribution in [0.3, 0.4) is 0 Å². The van der Waals surface area contributed by atoms with Gasteiger partial charge in [0.1, 0.15) is 0 Å². The van der Waals surface area contributed by atoms with Gasteiger partial charge in [-0.25, -0.2) is 0 Å². The van der Waals surface area contributed by atoms with Crippen molar-refractivity contribution in [3.8, 4) is 0 Å². The zero-order valence-electron chi connectivity index (χ0n) is 11.9. The normalized spacial score (nSPS) is 10.1. The van der Waals surface area contributed by atoms with Gasteiger partial charge in [0.25, 0.3) is 5.91 Å². The molecule has 0 aliphatic rings. The van der Waals surface area contributed by atoms with E-state index in [0.717, 1.165) is 9.37 Å². The van der Waals surface area contributed by atoms with Gasteiger partial charge < -0.3 is 10.6 Å². The van der Waals surface area contributed by atoms with Gasteiger partial charge in [0.2, 0.25) is 5.91 Å². The first kappa shape index (κ1) is 16.6. The summed E-state index contributed by atoms with van der Waals surface area (Å²) in [5.41, 5.74) is 1.22. The highest BCUT2D eigenvalue weighted by atomic mass is 79.9. The van der Waals surface area contributed by atoms with E-state index in [1.165, 1.54) is 0 Å². The number of carbonyl (C=O) groups is 2. The molecule has 0 aromatic heterocycles. The van der Waals surface area contributed by atoms with Crippen LogP contribution in [0, 0.1) is 0 Å². The van der Waals surface area contributed by atoms with E-state index in [-0.39, 0.29) is 18.4 Å². The van der Waals surface area contributed by atoms with Gasteiger partial charge in [-0.2, -0.15) is 0 Å². The van der Waals surface area contributed by atoms with E-state index < -0.39 is 0 Å². The van der Waals surface area contributed by atoms with Crippen molar-refractivity contribution >= 4 is 45.2 Å². The first-order valence-electron chi connectivity index (χ1n) is 6.56. The van der Waals surface area contributed by atoms with Gasteiger partial charge in [0, 0.05) is 20.6 Å². The van der Waals surface area contributed by atoms with Crippen molar-refractivity contribution in [2.24, 2.45) is 0 Å². The summed E-state index contributed by atoms with van der Waals surface area (Å²) in [6, 6.07) is 14.5. The van der Waals surface area contributed by atoms with Crippen LogP contribution in [0.2, 0.25) is 0 Å². The average molecular weight is 379 g/mol. The third kappa shape index (κ3) is 4.89. The Bertz CT molecular complexity index is 691. The number of benzene rings is 2. The van der Waals surface area contributed by atoms with Crippen molar-refractivity contribution in [3.05, 3.63) is 58.6 Å². The van der Waals surface area contributed by atoms with Crippen LogP contribution in [0.5, 0.6) is 0 Å². The lowest BCUT2D eigenvalue weighted by atomic mass is 10.2. The first-order valence-corrected chi connectivity index (χ1v) is 8.58. The van der Waals surface area contributed by atoms with Crippen molar-refractivity contribution in [3.63, 3.8) is 0 Å². The van der Waals surface area contributed by atoms with Crippen LogP contribution in [-0.4, -0.2) is 24.6 Å². The maximum absolute atomic E-state index is 11.9. The monoisotopic (exact) mass is 378 g/mol. The first-order chi connectivity index (χ1) is 10.6. The number of halogens is 1. The third-order valence-electron chi connectivity index (χ3n) is 2.85. The summed E-state index contributed by atoms with van der Waals surface area (Å²) in [5, 5.41) is 5.36. The number of anilines is 1. The van der Waals surface area contributed by atoms with Crippen LogP contribution in [0.15, 0.2) is 57.9 Å². The van der Waals surface area contributed by atoms with E-state index >= 15 is 0 Å². The Morgan fingerprint density at radius 2 is 1.91 bits per heavy atom. The fraction of sp³-hybridized carbons (Fsp3) is 0.125. The van der Waals surface area contributed by atoms with E-state index in [9.17, 15) is 9.59 Å². The molecule has 0 spiro atoms. The second kappa shape index (κ2) is 8.00. The van der Waals surface area contributed by atoms with Crippen LogP contribution in [0.25, 0.3) is 0 Å². The number of hydrogen-bond donors (Lipinski definition) is 2. The van der Waals surface area contributed by atoms with E-state index in [4.69, 9.17) is 0 Å². The number of nitrogens with one attached hydrogen (secondary N) is 2. The van der Waals surface area contributed by atoms with Crippen LogP contribution in [0.4, 0.5) is 5.69 Å². The molecule has 2 rings (SSSR count). The smallest absolute Gasteiger partial charge is 0.251 e. The molecule has 22 heavy (non-hydrogen) atoms. The summed E-state index contributed by atoms with van der Waals surface area (Å²) in [6.07, 6.45) is 1.97. The summed E-state index contributed by atoms with van der Waals surface area (Å²) >= 11 is 4.91. The van der Waals surface area contributed by atoms with Gasteiger partial charge in [0.15, 0.2) is 0 Å². The molecule has 0 aliphatic heterocycles. The van der Waals surface area contributed by atoms with Crippen molar-refractivity contribution < 1.29 is 9.59 Å². The molecule has 2 aromatic carbocycles. The fourth-order valence-corrected chi connectivity index (χ4v) is 2.66. The minimum absolute atomic E-state index is 0.0746. The Balaban J connectivity index is 1.88. The Kier molecular flexibility index (Phi) is 6.03. The van der Waals surface area contributed by atoms with Gasteiger partial charge in [0.05, 0.1) is 6.54 Å². The van der Waals surface area contributed by atoms with Crippen molar-refractivity contribution in [1.29, 1.82) is 0 Å². The minimum Gasteiger partial charge on any atom is -0.343 e. The molecule has 0 saturated carbocycles. The molecule has 0 unspecified atom stereocenters. The zero-order chi connectivity index (χ0) is 15.9. The largest absolute Gasteiger partial charge is 0.343 e. The summed E-state index contributed by atoms with van der Waals surface area (Å²) in [5.74, 6) is -0.545. The molecule has 2 aromatic rings. The van der Waals surface area contributed by atoms with Gasteiger partial charge >= 0.3 is 0 Å². The van der Waals surface area contributed by atoms with E-state index in [1.807, 2.05) is 36.6 Å². The van der Waals surface area contributed by atoms with Crippen LogP contribution >= 0.6 is 27.7 Å². The molecule has 4 nitrogen and oxygen atoms in total. The zero-order valence-corrected chi connectivity index (χ0v) is 14.3. The molecule has 0 aliphatic carbocycles. The molecule has 0 fully saturated rings. The maximum atomic E-state index is 11.9. The fourth-order valence-electron chi connectivity index (χ4n) is 1.80. The molecular weight excluding hydrogens is 364 g/mol. The molecule has 0 radical (unpaired) electrons. The lowest BCUT2D eigenvalue weighted by Gasteiger charge is -2.08. The molecule has 0 bridgehead atoms. The molecule has 2 amide bonds. The summed E-state index contributed by atoms with van der Waals surface area (Å²) in [7, 11) is 0. The maximum Gasteiger partial charge on any atom is 0.251 e. The quantitative estimate of drug-likeness (QED) is 0.782. The molecular formula is C16H15BrN2O2S. The summed E-state index contributed by atoms with van der Waals surface area (Å²) in [6.45, 7) is -0.0746. The second-order valence-electron chi connectivity index (χ2n) is 4.47. The third-order valence-corrected chi connectivity index (χ3v) is 4.07. The molecule has 0 heterocycles. The number of amides is 2. The predicted octanol–water partition coefficient (Wildman–Crippen LogP) is 3.54. The molecule has 0 saturated heterocycles. The Hall–Kier alpha value is -1.79. The lowest BCUT2D eigenvalue weighted by Crippen LogP contribution is -2.32. The summed E-state index contributed by atoms with van der Waals surface area (Å²) < 4.78 is 0.818. The Morgan fingerprint density at radius 1 is 1.14 bits per heavy atom. The van der Waals surface area contributed by atoms with Crippen LogP contribution in [0.1, 0.15) is 10.4 Å². The molecule has 2 N–H and O–H groups in total. The Labute approximate surface area is 141 Å². The molecule has 0 atom stereocenters. The topological polar surface area (TPSA) is 58.2 Å². The SMILES string of the molecule is CSc1cccc(NC(=O)CNC(=O)c2cccc(Br)c2)c1. The number of rotatable bonds is 5. The van der Waals surface area contributed by atoms with Gasteiger partial charge in [-0.3, -0.25) is 9.59 Å². The lowest BCUT2D eigenvalue weighted by molar-refractivity contribution is -0.115. The van der Waals surface area contributed by atoms with Gasteiger partial charge in [-0.1, -0.05) is 28.1 Å². The van der Waals surface area contributed by atoms with Gasteiger partial charge in [-0.05, 0) is 42.7 Å². The highest BCUT2D eigenvalue weighted by Gasteiger charge is 2.08. The highest BCUT2D eigenvalue weighted by Crippen LogP contribution is 2.18. The number of thioether (sulfide) groups is 1. The summed E-state index contributed by atoms with van der Waals surface area (Å²) in [4.78, 5) is 24.9. The molecule has 114 valence electrons. The van der Waals surface area contributed by atoms with Gasteiger partial charge in [-0.15, -0.1) is 11.8 Å². The van der Waals surface area contributed by atoms with Crippen molar-refractivity contribution in [1.82, 2.24) is 5.32 Å². The number of carbonyl (C=O) groups excluding carboxylic acids is 2. The van der Waals surface area contributed by atoms with E-state index in [1.54, 1.807) is 30.0 Å². The van der Waals surface area contributed by atoms with E-state index in [0.29, 0.717) is 11.3 Å². The predicted molar refractivity (Wildman–Crippen MR) is 93.3 cm³/mol.